The quantitative estimate of drug-likeness (QED) is 0.428. The van der Waals surface area contributed by atoms with E-state index in [2.05, 4.69) is 68.3 Å². The summed E-state index contributed by atoms with van der Waals surface area (Å²) in [6, 6.07) is 8.83. The van der Waals surface area contributed by atoms with Gasteiger partial charge in [-0.2, -0.15) is 26.3 Å². The predicted molar refractivity (Wildman–Crippen MR) is 128 cm³/mol. The molecule has 3 aromatic rings. The van der Waals surface area contributed by atoms with E-state index in [-0.39, 0.29) is 0 Å². The van der Waals surface area contributed by atoms with Crippen molar-refractivity contribution >= 4 is 23.0 Å². The molecule has 0 aliphatic carbocycles. The average Bonchev–Trinajstić information content (AvgIpc) is 3.45. The third-order valence-electron chi connectivity index (χ3n) is 5.95. The number of piperidine rings is 1. The molecule has 2 aromatic heterocycles. The van der Waals surface area contributed by atoms with Crippen molar-refractivity contribution < 1.29 is 46.1 Å². The minimum Gasteiger partial charge on any atom is -0.475 e. The molecular formula is C24H29F6N5O4. The molecule has 0 bridgehead atoms. The van der Waals surface area contributed by atoms with Crippen molar-refractivity contribution in [2.24, 2.45) is 5.92 Å². The number of likely N-dealkylation sites (tertiary alicyclic amines) is 1. The second-order valence-electron chi connectivity index (χ2n) is 8.99. The van der Waals surface area contributed by atoms with Gasteiger partial charge in [-0.1, -0.05) is 12.1 Å². The monoisotopic (exact) mass is 565 g/mol. The number of imidazole rings is 2. The highest BCUT2D eigenvalue weighted by atomic mass is 19.4. The second kappa shape index (κ2) is 13.4. The zero-order valence-corrected chi connectivity index (χ0v) is 21.2. The van der Waals surface area contributed by atoms with Crippen molar-refractivity contribution in [1.82, 2.24) is 24.0 Å². The van der Waals surface area contributed by atoms with E-state index in [1.807, 2.05) is 12.5 Å². The van der Waals surface area contributed by atoms with Crippen LogP contribution in [0, 0.1) is 12.8 Å². The number of para-hydroxylation sites is 2. The van der Waals surface area contributed by atoms with Crippen molar-refractivity contribution in [2.45, 2.75) is 51.6 Å². The number of aryl methyl sites for hydroxylation is 1. The highest BCUT2D eigenvalue weighted by Gasteiger charge is 2.38. The van der Waals surface area contributed by atoms with Gasteiger partial charge in [-0.05, 0) is 51.3 Å². The van der Waals surface area contributed by atoms with E-state index in [0.29, 0.717) is 12.0 Å². The molecule has 0 saturated carbocycles. The molecule has 39 heavy (non-hydrogen) atoms. The molecule has 0 spiro atoms. The number of alkyl halides is 6. The molecule has 1 aliphatic heterocycles. The molecule has 2 atom stereocenters. The number of carboxylic acid groups (broad SMARTS) is 2. The molecule has 9 nitrogen and oxygen atoms in total. The maximum atomic E-state index is 10.6. The van der Waals surface area contributed by atoms with Crippen LogP contribution in [0.4, 0.5) is 26.3 Å². The largest absolute Gasteiger partial charge is 0.490 e. The van der Waals surface area contributed by atoms with Crippen LogP contribution in [-0.4, -0.2) is 78.1 Å². The van der Waals surface area contributed by atoms with Crippen LogP contribution in [0.1, 0.15) is 31.6 Å². The van der Waals surface area contributed by atoms with Crippen molar-refractivity contribution in [3.8, 4) is 0 Å². The fourth-order valence-electron chi connectivity index (χ4n) is 4.13. The highest BCUT2D eigenvalue weighted by Crippen LogP contribution is 2.23. The number of halogens is 6. The Morgan fingerprint density at radius 2 is 1.64 bits per heavy atom. The number of carbonyl (C=O) groups is 2. The zero-order valence-electron chi connectivity index (χ0n) is 21.2. The normalized spacial score (nSPS) is 17.0. The Morgan fingerprint density at radius 3 is 2.18 bits per heavy atom. The second-order valence-corrected chi connectivity index (χ2v) is 8.99. The van der Waals surface area contributed by atoms with Crippen LogP contribution >= 0.6 is 0 Å². The Labute approximate surface area is 219 Å². The van der Waals surface area contributed by atoms with Gasteiger partial charge in [0, 0.05) is 38.1 Å². The molecule has 2 unspecified atom stereocenters. The smallest absolute Gasteiger partial charge is 0.475 e. The molecule has 3 heterocycles. The number of carboxylic acids is 2. The Bertz CT molecular complexity index is 1200. The SMILES string of the molecule is Cc1nccn1CC1CCCN(CC(C)n2cnc3ccccc32)C1.O=C(O)C(F)(F)F.O=C(O)C(F)(F)F. The fourth-order valence-corrected chi connectivity index (χ4v) is 4.13. The lowest BCUT2D eigenvalue weighted by Gasteiger charge is -2.35. The molecule has 216 valence electrons. The number of fused-ring (bicyclic) bond motifs is 1. The fraction of sp³-hybridized carbons (Fsp3) is 0.500. The summed E-state index contributed by atoms with van der Waals surface area (Å²) in [5, 5.41) is 14.2. The van der Waals surface area contributed by atoms with Crippen molar-refractivity contribution in [2.75, 3.05) is 19.6 Å². The van der Waals surface area contributed by atoms with Crippen LogP contribution in [0.5, 0.6) is 0 Å². The van der Waals surface area contributed by atoms with E-state index >= 15 is 0 Å². The van der Waals surface area contributed by atoms with Crippen LogP contribution < -0.4 is 0 Å². The average molecular weight is 566 g/mol. The van der Waals surface area contributed by atoms with E-state index in [1.165, 1.54) is 31.4 Å². The number of hydrogen-bond donors (Lipinski definition) is 2. The molecule has 1 fully saturated rings. The topological polar surface area (TPSA) is 113 Å². The zero-order chi connectivity index (χ0) is 29.4. The number of benzene rings is 1. The number of nitrogens with zero attached hydrogens (tertiary/aromatic N) is 5. The third kappa shape index (κ3) is 9.89. The Balaban J connectivity index is 0.000000317. The minimum atomic E-state index is -5.08. The van der Waals surface area contributed by atoms with E-state index in [1.54, 1.807) is 0 Å². The molecule has 4 rings (SSSR count). The highest BCUT2D eigenvalue weighted by molar-refractivity contribution is 5.75. The van der Waals surface area contributed by atoms with Gasteiger partial charge in [0.05, 0.1) is 17.4 Å². The predicted octanol–water partition coefficient (Wildman–Crippen LogP) is 4.78. The number of aromatic nitrogens is 4. The Hall–Kier alpha value is -3.62. The van der Waals surface area contributed by atoms with E-state index in [9.17, 15) is 26.3 Å². The van der Waals surface area contributed by atoms with Gasteiger partial charge in [-0.15, -0.1) is 0 Å². The Kier molecular flexibility index (Phi) is 10.9. The Morgan fingerprint density at radius 1 is 1.05 bits per heavy atom. The maximum Gasteiger partial charge on any atom is 0.490 e. The van der Waals surface area contributed by atoms with Crippen LogP contribution in [0.25, 0.3) is 11.0 Å². The van der Waals surface area contributed by atoms with Crippen LogP contribution in [0.2, 0.25) is 0 Å². The van der Waals surface area contributed by atoms with E-state index in [4.69, 9.17) is 19.8 Å². The maximum absolute atomic E-state index is 10.6. The molecule has 1 saturated heterocycles. The summed E-state index contributed by atoms with van der Waals surface area (Å²) in [6.45, 7) is 8.94. The van der Waals surface area contributed by atoms with Gasteiger partial charge in [0.25, 0.3) is 0 Å². The van der Waals surface area contributed by atoms with E-state index < -0.39 is 24.3 Å². The summed E-state index contributed by atoms with van der Waals surface area (Å²) in [5.74, 6) is -3.68. The number of rotatable bonds is 5. The first kappa shape index (κ1) is 31.6. The lowest BCUT2D eigenvalue weighted by molar-refractivity contribution is -0.193. The number of hydrogen-bond acceptors (Lipinski definition) is 5. The standard InChI is InChI=1S/C20H27N5.2C2HF3O2/c1-16(25-15-22-19-7-3-4-8-20(19)25)12-23-10-5-6-18(13-23)14-24-11-9-21-17(24)2;2*3-2(4,5)1(6)7/h3-4,7-9,11,15-16,18H,5-6,10,12-14H2,1-2H3;2*(H,6,7). The molecule has 15 heteroatoms. The minimum absolute atomic E-state index is 0.432. The molecule has 0 amide bonds. The molecule has 1 aromatic carbocycles. The summed E-state index contributed by atoms with van der Waals surface area (Å²) < 4.78 is 68.1. The van der Waals surface area contributed by atoms with Gasteiger partial charge in [-0.3, -0.25) is 0 Å². The van der Waals surface area contributed by atoms with Crippen LogP contribution in [-0.2, 0) is 16.1 Å². The summed E-state index contributed by atoms with van der Waals surface area (Å²) in [5.41, 5.74) is 2.32. The lowest BCUT2D eigenvalue weighted by Crippen LogP contribution is -2.39. The first-order chi connectivity index (χ1) is 18.1. The summed E-state index contributed by atoms with van der Waals surface area (Å²) >= 11 is 0. The van der Waals surface area contributed by atoms with Gasteiger partial charge in [0.15, 0.2) is 0 Å². The molecular weight excluding hydrogens is 536 g/mol. The molecule has 0 radical (unpaired) electrons. The van der Waals surface area contributed by atoms with Gasteiger partial charge in [-0.25, -0.2) is 19.6 Å². The molecule has 2 N–H and O–H groups in total. The van der Waals surface area contributed by atoms with Gasteiger partial charge in [0.1, 0.15) is 5.82 Å². The van der Waals surface area contributed by atoms with Crippen molar-refractivity contribution in [3.05, 3.63) is 48.8 Å². The summed E-state index contributed by atoms with van der Waals surface area (Å²) in [7, 11) is 0. The first-order valence-corrected chi connectivity index (χ1v) is 11.8. The van der Waals surface area contributed by atoms with Gasteiger partial charge >= 0.3 is 24.3 Å². The van der Waals surface area contributed by atoms with E-state index in [0.717, 1.165) is 24.4 Å². The number of aliphatic carboxylic acids is 2. The molecule has 1 aliphatic rings. The van der Waals surface area contributed by atoms with Crippen LogP contribution in [0.15, 0.2) is 43.0 Å². The third-order valence-corrected chi connectivity index (χ3v) is 5.95. The lowest BCUT2D eigenvalue weighted by atomic mass is 9.97. The van der Waals surface area contributed by atoms with Crippen molar-refractivity contribution in [1.29, 1.82) is 0 Å². The van der Waals surface area contributed by atoms with Crippen molar-refractivity contribution in [3.63, 3.8) is 0 Å². The van der Waals surface area contributed by atoms with Gasteiger partial charge < -0.3 is 24.2 Å². The summed E-state index contributed by atoms with van der Waals surface area (Å²) in [4.78, 5) is 29.3. The van der Waals surface area contributed by atoms with Gasteiger partial charge in [0.2, 0.25) is 0 Å². The van der Waals surface area contributed by atoms with Crippen LogP contribution in [0.3, 0.4) is 0 Å². The first-order valence-electron chi connectivity index (χ1n) is 11.8. The summed E-state index contributed by atoms with van der Waals surface area (Å²) in [6.07, 6.45) is -1.56.